The topological polar surface area (TPSA) is 28.6 Å². The van der Waals surface area contributed by atoms with Gasteiger partial charge in [-0.15, -0.1) is 0 Å². The number of halogens is 1. The van der Waals surface area contributed by atoms with Gasteiger partial charge in [0.2, 0.25) is 0 Å². The molecule has 4 rings (SSSR count). The van der Waals surface area contributed by atoms with E-state index >= 15 is 0 Å². The van der Waals surface area contributed by atoms with Crippen LogP contribution in [0.2, 0.25) is 0 Å². The minimum atomic E-state index is 0. The van der Waals surface area contributed by atoms with E-state index in [1.165, 1.54) is 32.6 Å². The van der Waals surface area contributed by atoms with Crippen LogP contribution in [-0.2, 0) is 0 Å². The number of piperidine rings is 2. The molecule has 0 radical (unpaired) electrons. The molecule has 3 N–H and O–H groups in total. The molecule has 76 valence electrons. The maximum absolute atomic E-state index is 3.32. The number of rotatable bonds is 0. The van der Waals surface area contributed by atoms with Gasteiger partial charge in [0.15, 0.2) is 0 Å². The van der Waals surface area contributed by atoms with Crippen LogP contribution in [0.25, 0.3) is 0 Å². The van der Waals surface area contributed by atoms with Gasteiger partial charge >= 0.3 is 0 Å². The average Bonchev–Trinajstić information content (AvgIpc) is 2.95. The highest BCUT2D eigenvalue weighted by Crippen LogP contribution is 2.40. The molecule has 0 bridgehead atoms. The summed E-state index contributed by atoms with van der Waals surface area (Å²) in [6.07, 6.45) is 3.07. The average molecular weight is 203 g/mol. The molecule has 0 aromatic carbocycles. The van der Waals surface area contributed by atoms with Gasteiger partial charge in [0.1, 0.15) is 0 Å². The first-order valence-corrected chi connectivity index (χ1v) is 5.46. The van der Waals surface area contributed by atoms with Crippen molar-refractivity contribution in [3.63, 3.8) is 0 Å². The van der Waals surface area contributed by atoms with E-state index in [1.54, 1.807) is 6.42 Å². The number of hydrogen-bond donors (Lipinski definition) is 2. The molecule has 2 heterocycles. The summed E-state index contributed by atoms with van der Waals surface area (Å²) in [4.78, 5) is 0. The minimum absolute atomic E-state index is 0. The number of hydrogen-bond acceptors (Lipinski definition) is 1. The lowest BCUT2D eigenvalue weighted by Gasteiger charge is -1.87. The number of fused-ring (bicyclic) bond motifs is 2. The third-order valence-electron chi connectivity index (χ3n) is 3.89. The van der Waals surface area contributed by atoms with Crippen molar-refractivity contribution in [2.75, 3.05) is 26.2 Å². The summed E-state index contributed by atoms with van der Waals surface area (Å²) in [6.45, 7) is 5.49. The first kappa shape index (κ1) is 9.75. The Balaban J connectivity index is 0.0000000933. The van der Waals surface area contributed by atoms with Crippen molar-refractivity contribution < 1.29 is 17.7 Å². The zero-order chi connectivity index (χ0) is 7.97. The van der Waals surface area contributed by atoms with E-state index in [4.69, 9.17) is 0 Å². The van der Waals surface area contributed by atoms with Crippen LogP contribution < -0.4 is 23.0 Å². The van der Waals surface area contributed by atoms with Gasteiger partial charge in [0.05, 0.1) is 13.1 Å². The molecule has 3 heteroatoms. The Morgan fingerprint density at radius 3 is 1.54 bits per heavy atom. The Morgan fingerprint density at radius 2 is 1.38 bits per heavy atom. The summed E-state index contributed by atoms with van der Waals surface area (Å²) in [5.74, 6) is 4.52. The summed E-state index contributed by atoms with van der Waals surface area (Å²) in [7, 11) is 0. The van der Waals surface area contributed by atoms with E-state index in [-0.39, 0.29) is 12.4 Å². The lowest BCUT2D eigenvalue weighted by atomic mass is 10.4. The van der Waals surface area contributed by atoms with Gasteiger partial charge < -0.3 is 23.0 Å². The zero-order valence-electron chi connectivity index (χ0n) is 8.01. The van der Waals surface area contributed by atoms with Crippen LogP contribution in [0.15, 0.2) is 0 Å². The summed E-state index contributed by atoms with van der Waals surface area (Å²) >= 11 is 0. The third kappa shape index (κ3) is 2.17. The molecule has 0 amide bonds. The first-order valence-electron chi connectivity index (χ1n) is 5.46. The van der Waals surface area contributed by atoms with E-state index in [0.29, 0.717) is 0 Å². The molecule has 0 aromatic rings. The highest BCUT2D eigenvalue weighted by molar-refractivity contribution is 4.94. The molecule has 4 fully saturated rings. The number of nitrogens with one attached hydrogen (secondary N) is 1. The van der Waals surface area contributed by atoms with E-state index in [9.17, 15) is 0 Å². The molecule has 0 spiro atoms. The monoisotopic (exact) mass is 202 g/mol. The van der Waals surface area contributed by atoms with Crippen LogP contribution in [-0.4, -0.2) is 26.2 Å². The molecule has 4 unspecified atom stereocenters. The molecule has 4 aliphatic rings. The Labute approximate surface area is 86.3 Å². The minimum Gasteiger partial charge on any atom is -1.00 e. The normalized spacial score (nSPS) is 48.0. The standard InChI is InChI=1S/2C5H9N.ClH/c2*1-4-2-6-3-5(1)4;/h2*4-6H,1-3H2;1H. The summed E-state index contributed by atoms with van der Waals surface area (Å²) in [5, 5.41) is 5.75. The molecule has 2 nitrogen and oxygen atoms in total. The molecule has 2 aliphatic heterocycles. The van der Waals surface area contributed by atoms with Crippen molar-refractivity contribution in [3.05, 3.63) is 0 Å². The fourth-order valence-electron chi connectivity index (χ4n) is 2.68. The molecule has 4 atom stereocenters. The second-order valence-corrected chi connectivity index (χ2v) is 4.93. The molecule has 2 aliphatic carbocycles. The van der Waals surface area contributed by atoms with Crippen molar-refractivity contribution >= 4 is 0 Å². The maximum atomic E-state index is 3.32. The molecular formula is C10H19ClN2. The van der Waals surface area contributed by atoms with E-state index < -0.39 is 0 Å². The van der Waals surface area contributed by atoms with Crippen LogP contribution >= 0.6 is 0 Å². The van der Waals surface area contributed by atoms with E-state index in [1.807, 2.05) is 0 Å². The van der Waals surface area contributed by atoms with Gasteiger partial charge in [0.25, 0.3) is 0 Å². The van der Waals surface area contributed by atoms with Gasteiger partial charge in [-0.3, -0.25) is 0 Å². The molecule has 2 saturated heterocycles. The van der Waals surface area contributed by atoms with E-state index in [0.717, 1.165) is 23.7 Å². The molecule has 0 aromatic heterocycles. The van der Waals surface area contributed by atoms with Crippen molar-refractivity contribution in [2.45, 2.75) is 12.8 Å². The fourth-order valence-corrected chi connectivity index (χ4v) is 2.68. The highest BCUT2D eigenvalue weighted by atomic mass is 35.5. The second-order valence-electron chi connectivity index (χ2n) is 4.93. The molecule has 2 saturated carbocycles. The zero-order valence-corrected chi connectivity index (χ0v) is 8.76. The van der Waals surface area contributed by atoms with Gasteiger partial charge in [-0.05, 0) is 37.8 Å². The third-order valence-corrected chi connectivity index (χ3v) is 3.89. The van der Waals surface area contributed by atoms with Crippen molar-refractivity contribution in [2.24, 2.45) is 23.7 Å². The predicted octanol–water partition coefficient (Wildman–Crippen LogP) is -3.57. The largest absolute Gasteiger partial charge is 1.00 e. The van der Waals surface area contributed by atoms with Crippen LogP contribution in [0, 0.1) is 23.7 Å². The Kier molecular flexibility index (Phi) is 2.82. The van der Waals surface area contributed by atoms with Crippen molar-refractivity contribution in [1.82, 2.24) is 5.32 Å². The number of nitrogens with two attached hydrogens (primary N) is 1. The Bertz CT molecular complexity index is 150. The van der Waals surface area contributed by atoms with Crippen LogP contribution in [0.4, 0.5) is 0 Å². The van der Waals surface area contributed by atoms with Gasteiger partial charge in [-0.2, -0.15) is 0 Å². The van der Waals surface area contributed by atoms with Crippen LogP contribution in [0.5, 0.6) is 0 Å². The van der Waals surface area contributed by atoms with Crippen molar-refractivity contribution in [1.29, 1.82) is 0 Å². The maximum Gasteiger partial charge on any atom is 0.0789 e. The Hall–Kier alpha value is 0.210. The summed E-state index contributed by atoms with van der Waals surface area (Å²) in [6, 6.07) is 0. The second kappa shape index (κ2) is 3.76. The smallest absolute Gasteiger partial charge is 0.0789 e. The summed E-state index contributed by atoms with van der Waals surface area (Å²) < 4.78 is 0. The van der Waals surface area contributed by atoms with Gasteiger partial charge in [-0.25, -0.2) is 0 Å². The quantitative estimate of drug-likeness (QED) is 0.418. The van der Waals surface area contributed by atoms with Crippen LogP contribution in [0.1, 0.15) is 12.8 Å². The molecular weight excluding hydrogens is 184 g/mol. The highest BCUT2D eigenvalue weighted by Gasteiger charge is 2.44. The van der Waals surface area contributed by atoms with E-state index in [2.05, 4.69) is 10.6 Å². The molecule has 13 heavy (non-hydrogen) atoms. The first-order chi connectivity index (χ1) is 5.93. The summed E-state index contributed by atoms with van der Waals surface area (Å²) in [5.41, 5.74) is 0. The van der Waals surface area contributed by atoms with Crippen LogP contribution in [0.3, 0.4) is 0 Å². The lowest BCUT2D eigenvalue weighted by molar-refractivity contribution is -0.644. The van der Waals surface area contributed by atoms with Gasteiger partial charge in [0, 0.05) is 11.8 Å². The fraction of sp³-hybridized carbons (Fsp3) is 1.00. The van der Waals surface area contributed by atoms with Crippen molar-refractivity contribution in [3.8, 4) is 0 Å². The SMILES string of the molecule is C1NCC2CC12.C1[NH2+]CC2CC12.[Cl-]. The van der Waals surface area contributed by atoms with Gasteiger partial charge in [-0.1, -0.05) is 0 Å². The number of quaternary nitrogens is 1. The Morgan fingerprint density at radius 1 is 0.846 bits per heavy atom. The predicted molar refractivity (Wildman–Crippen MR) is 47.7 cm³/mol. The lowest BCUT2D eigenvalue weighted by Crippen LogP contribution is -3.00.